The van der Waals surface area contributed by atoms with E-state index in [9.17, 15) is 0 Å². The number of aliphatic hydroxyl groups excluding tert-OH is 1. The van der Waals surface area contributed by atoms with E-state index >= 15 is 0 Å². The van der Waals surface area contributed by atoms with E-state index in [4.69, 9.17) is 5.11 Å². The Bertz CT molecular complexity index is 315. The maximum atomic E-state index is 8.94. The predicted octanol–water partition coefficient (Wildman–Crippen LogP) is 1.35. The lowest BCUT2D eigenvalue weighted by molar-refractivity contribution is 0.255. The van der Waals surface area contributed by atoms with Crippen molar-refractivity contribution in [2.45, 2.75) is 39.8 Å². The first kappa shape index (κ1) is 8.75. The molecule has 13 heavy (non-hydrogen) atoms. The average Bonchev–Trinajstić information content (AvgIpc) is 2.44. The molecule has 1 aromatic heterocycles. The van der Waals surface area contributed by atoms with Crippen LogP contribution >= 0.6 is 0 Å². The zero-order valence-electron chi connectivity index (χ0n) is 8.25. The highest BCUT2D eigenvalue weighted by molar-refractivity contribution is 5.13. The maximum Gasteiger partial charge on any atom is 0.0881 e. The van der Waals surface area contributed by atoms with Crippen LogP contribution in [0, 0.1) is 5.41 Å². The lowest BCUT2D eigenvalue weighted by Gasteiger charge is -2.29. The van der Waals surface area contributed by atoms with Gasteiger partial charge in [-0.25, -0.2) is 0 Å². The van der Waals surface area contributed by atoms with Gasteiger partial charge in [-0.2, -0.15) is 5.10 Å². The summed E-state index contributed by atoms with van der Waals surface area (Å²) in [6.45, 7) is 5.60. The molecule has 2 rings (SSSR count). The highest BCUT2D eigenvalue weighted by Crippen LogP contribution is 2.31. The third-order valence-corrected chi connectivity index (χ3v) is 2.74. The molecule has 0 radical (unpaired) electrons. The zero-order chi connectivity index (χ0) is 9.47. The van der Waals surface area contributed by atoms with Crippen LogP contribution in [0.25, 0.3) is 0 Å². The van der Waals surface area contributed by atoms with Crippen LogP contribution < -0.4 is 0 Å². The Morgan fingerprint density at radius 2 is 2.38 bits per heavy atom. The first-order valence-corrected chi connectivity index (χ1v) is 4.77. The van der Waals surface area contributed by atoms with E-state index in [2.05, 4.69) is 18.9 Å². The van der Waals surface area contributed by atoms with Gasteiger partial charge in [0.1, 0.15) is 0 Å². The monoisotopic (exact) mass is 180 g/mol. The van der Waals surface area contributed by atoms with Crippen molar-refractivity contribution in [1.82, 2.24) is 9.78 Å². The molecule has 2 heterocycles. The van der Waals surface area contributed by atoms with Crippen LogP contribution in [0.15, 0.2) is 6.07 Å². The van der Waals surface area contributed by atoms with Gasteiger partial charge in [-0.15, -0.1) is 0 Å². The number of aromatic nitrogens is 2. The minimum atomic E-state index is 0.0560. The predicted molar refractivity (Wildman–Crippen MR) is 50.3 cm³/mol. The summed E-state index contributed by atoms with van der Waals surface area (Å²) < 4.78 is 2.02. The molecule has 1 aliphatic rings. The number of rotatable bonds is 1. The van der Waals surface area contributed by atoms with E-state index in [1.807, 2.05) is 10.7 Å². The SMILES string of the molecule is CC1(C)CCn2nc(CO)cc2C1. The molecule has 1 aliphatic heterocycles. The van der Waals surface area contributed by atoms with Crippen molar-refractivity contribution < 1.29 is 5.11 Å². The Kier molecular flexibility index (Phi) is 1.91. The third-order valence-electron chi connectivity index (χ3n) is 2.74. The molecule has 0 spiro atoms. The van der Waals surface area contributed by atoms with Crippen molar-refractivity contribution in [3.63, 3.8) is 0 Å². The van der Waals surface area contributed by atoms with Crippen molar-refractivity contribution in [2.75, 3.05) is 0 Å². The van der Waals surface area contributed by atoms with Gasteiger partial charge in [0, 0.05) is 12.2 Å². The summed E-state index contributed by atoms with van der Waals surface area (Å²) in [4.78, 5) is 0. The number of aliphatic hydroxyl groups is 1. The molecule has 3 nitrogen and oxygen atoms in total. The fraction of sp³-hybridized carbons (Fsp3) is 0.700. The molecule has 0 unspecified atom stereocenters. The Morgan fingerprint density at radius 1 is 1.62 bits per heavy atom. The van der Waals surface area contributed by atoms with Gasteiger partial charge < -0.3 is 5.11 Å². The van der Waals surface area contributed by atoms with E-state index in [-0.39, 0.29) is 6.61 Å². The van der Waals surface area contributed by atoms with Crippen molar-refractivity contribution in [3.8, 4) is 0 Å². The van der Waals surface area contributed by atoms with Crippen molar-refractivity contribution >= 4 is 0 Å². The molecule has 0 fully saturated rings. The molecule has 72 valence electrons. The van der Waals surface area contributed by atoms with Gasteiger partial charge in [0.15, 0.2) is 0 Å². The Labute approximate surface area is 78.4 Å². The molecular formula is C10H16N2O. The number of nitrogens with zero attached hydrogens (tertiary/aromatic N) is 2. The highest BCUT2D eigenvalue weighted by atomic mass is 16.3. The number of fused-ring (bicyclic) bond motifs is 1. The minimum absolute atomic E-state index is 0.0560. The van der Waals surface area contributed by atoms with E-state index in [1.54, 1.807) is 0 Å². The zero-order valence-corrected chi connectivity index (χ0v) is 8.25. The van der Waals surface area contributed by atoms with Crippen molar-refractivity contribution in [3.05, 3.63) is 17.5 Å². The van der Waals surface area contributed by atoms with Gasteiger partial charge in [0.25, 0.3) is 0 Å². The smallest absolute Gasteiger partial charge is 0.0881 e. The molecule has 0 saturated carbocycles. The van der Waals surface area contributed by atoms with Gasteiger partial charge in [0.05, 0.1) is 12.3 Å². The fourth-order valence-electron chi connectivity index (χ4n) is 1.92. The van der Waals surface area contributed by atoms with E-state index in [0.29, 0.717) is 5.41 Å². The van der Waals surface area contributed by atoms with Crippen molar-refractivity contribution in [1.29, 1.82) is 0 Å². The van der Waals surface area contributed by atoms with Gasteiger partial charge in [-0.05, 0) is 24.3 Å². The highest BCUT2D eigenvalue weighted by Gasteiger charge is 2.26. The molecule has 0 aromatic carbocycles. The minimum Gasteiger partial charge on any atom is -0.390 e. The lowest BCUT2D eigenvalue weighted by atomic mass is 9.82. The average molecular weight is 180 g/mol. The van der Waals surface area contributed by atoms with Crippen LogP contribution in [-0.4, -0.2) is 14.9 Å². The largest absolute Gasteiger partial charge is 0.390 e. The van der Waals surface area contributed by atoms with Crippen LogP contribution in [0.1, 0.15) is 31.7 Å². The fourth-order valence-corrected chi connectivity index (χ4v) is 1.92. The van der Waals surface area contributed by atoms with Gasteiger partial charge in [-0.1, -0.05) is 13.8 Å². The summed E-state index contributed by atoms with van der Waals surface area (Å²) in [5.41, 5.74) is 2.45. The number of aryl methyl sites for hydroxylation is 1. The van der Waals surface area contributed by atoms with E-state index < -0.39 is 0 Å². The Hall–Kier alpha value is -0.830. The number of hydrogen-bond donors (Lipinski definition) is 1. The van der Waals surface area contributed by atoms with Crippen LogP contribution in [0.2, 0.25) is 0 Å². The van der Waals surface area contributed by atoms with Gasteiger partial charge in [-0.3, -0.25) is 4.68 Å². The molecule has 3 heteroatoms. The lowest BCUT2D eigenvalue weighted by Crippen LogP contribution is -2.26. The molecular weight excluding hydrogens is 164 g/mol. The van der Waals surface area contributed by atoms with Crippen molar-refractivity contribution in [2.24, 2.45) is 5.41 Å². The first-order chi connectivity index (χ1) is 6.11. The van der Waals surface area contributed by atoms with Gasteiger partial charge >= 0.3 is 0 Å². The summed E-state index contributed by atoms with van der Waals surface area (Å²) in [7, 11) is 0. The van der Waals surface area contributed by atoms with E-state index in [0.717, 1.165) is 18.7 Å². The third kappa shape index (κ3) is 1.61. The summed E-state index contributed by atoms with van der Waals surface area (Å²) in [6.07, 6.45) is 2.24. The summed E-state index contributed by atoms with van der Waals surface area (Å²) in [5, 5.41) is 13.2. The van der Waals surface area contributed by atoms with Gasteiger partial charge in [0.2, 0.25) is 0 Å². The Morgan fingerprint density at radius 3 is 3.08 bits per heavy atom. The second-order valence-electron chi connectivity index (χ2n) is 4.60. The molecule has 1 N–H and O–H groups in total. The second kappa shape index (κ2) is 2.84. The molecule has 0 bridgehead atoms. The topological polar surface area (TPSA) is 38.0 Å². The van der Waals surface area contributed by atoms with Crippen LogP contribution in [0.4, 0.5) is 0 Å². The molecule has 0 amide bonds. The Balaban J connectivity index is 2.30. The molecule has 0 saturated heterocycles. The summed E-state index contributed by atoms with van der Waals surface area (Å²) in [6, 6.07) is 2.01. The summed E-state index contributed by atoms with van der Waals surface area (Å²) >= 11 is 0. The first-order valence-electron chi connectivity index (χ1n) is 4.77. The normalized spacial score (nSPS) is 19.9. The molecule has 0 atom stereocenters. The van der Waals surface area contributed by atoms with Crippen LogP contribution in [0.3, 0.4) is 0 Å². The van der Waals surface area contributed by atoms with Crippen LogP contribution in [-0.2, 0) is 19.6 Å². The molecule has 0 aliphatic carbocycles. The maximum absolute atomic E-state index is 8.94. The molecule has 1 aromatic rings. The number of hydrogen-bond acceptors (Lipinski definition) is 2. The standard InChI is InChI=1S/C10H16N2O/c1-10(2)3-4-12-9(6-10)5-8(7-13)11-12/h5,13H,3-4,6-7H2,1-2H3. The van der Waals surface area contributed by atoms with E-state index in [1.165, 1.54) is 12.1 Å². The van der Waals surface area contributed by atoms with Crippen LogP contribution in [0.5, 0.6) is 0 Å². The quantitative estimate of drug-likeness (QED) is 0.708. The second-order valence-corrected chi connectivity index (χ2v) is 4.60. The summed E-state index contributed by atoms with van der Waals surface area (Å²) in [5.74, 6) is 0.